The second-order valence-electron chi connectivity index (χ2n) is 7.57. The Hall–Kier alpha value is -3.57. The lowest BCUT2D eigenvalue weighted by Crippen LogP contribution is -2.22. The molecule has 0 spiro atoms. The van der Waals surface area contributed by atoms with Gasteiger partial charge in [-0.05, 0) is 61.2 Å². The molecule has 4 nitrogen and oxygen atoms in total. The Morgan fingerprint density at radius 2 is 1.47 bits per heavy atom. The monoisotopic (exact) mass is 440 g/mol. The molecule has 2 N–H and O–H groups in total. The molecule has 160 valence electrons. The summed E-state index contributed by atoms with van der Waals surface area (Å²) in [7, 11) is 0. The van der Waals surface area contributed by atoms with Gasteiger partial charge in [-0.15, -0.1) is 11.8 Å². The lowest BCUT2D eigenvalue weighted by atomic mass is 10.1. The Morgan fingerprint density at radius 3 is 2.25 bits per heavy atom. The average Bonchev–Trinajstić information content (AvgIpc) is 2.81. The molecule has 32 heavy (non-hydrogen) atoms. The minimum absolute atomic E-state index is 0.0525. The SMILES string of the molecule is Cc1ccccc1C(=O)Nc1ccc(SC(C)C(=O)Nc2cccc3ccccc23)cc1. The van der Waals surface area contributed by atoms with Crippen LogP contribution in [0.2, 0.25) is 0 Å². The van der Waals surface area contributed by atoms with Crippen molar-refractivity contribution in [1.29, 1.82) is 0 Å². The fraction of sp³-hybridized carbons (Fsp3) is 0.111. The van der Waals surface area contributed by atoms with Gasteiger partial charge < -0.3 is 10.6 Å². The second-order valence-corrected chi connectivity index (χ2v) is 8.98. The maximum absolute atomic E-state index is 12.8. The number of rotatable bonds is 6. The third-order valence-corrected chi connectivity index (χ3v) is 6.34. The number of thioether (sulfide) groups is 1. The molecular weight excluding hydrogens is 416 g/mol. The van der Waals surface area contributed by atoms with Crippen LogP contribution in [0.1, 0.15) is 22.8 Å². The molecule has 2 amide bonds. The van der Waals surface area contributed by atoms with Crippen LogP contribution in [0.15, 0.2) is 95.9 Å². The highest BCUT2D eigenvalue weighted by atomic mass is 32.2. The molecule has 4 aromatic rings. The maximum atomic E-state index is 12.8. The van der Waals surface area contributed by atoms with Crippen LogP contribution in [0.4, 0.5) is 11.4 Å². The van der Waals surface area contributed by atoms with Crippen LogP contribution in [0.5, 0.6) is 0 Å². The Bertz CT molecular complexity index is 1260. The van der Waals surface area contributed by atoms with Crippen molar-refractivity contribution >= 4 is 45.7 Å². The number of fused-ring (bicyclic) bond motifs is 1. The molecule has 0 saturated carbocycles. The van der Waals surface area contributed by atoms with Crippen LogP contribution in [-0.4, -0.2) is 17.1 Å². The van der Waals surface area contributed by atoms with Crippen molar-refractivity contribution in [2.75, 3.05) is 10.6 Å². The van der Waals surface area contributed by atoms with E-state index in [9.17, 15) is 9.59 Å². The van der Waals surface area contributed by atoms with Crippen molar-refractivity contribution in [2.45, 2.75) is 24.0 Å². The number of hydrogen-bond acceptors (Lipinski definition) is 3. The number of aryl methyl sites for hydroxylation is 1. The van der Waals surface area contributed by atoms with Gasteiger partial charge in [0.25, 0.3) is 5.91 Å². The summed E-state index contributed by atoms with van der Waals surface area (Å²) in [6, 6.07) is 28.9. The lowest BCUT2D eigenvalue weighted by molar-refractivity contribution is -0.115. The fourth-order valence-electron chi connectivity index (χ4n) is 3.47. The Labute approximate surface area is 192 Å². The van der Waals surface area contributed by atoms with Crippen LogP contribution in [0.3, 0.4) is 0 Å². The zero-order chi connectivity index (χ0) is 22.5. The maximum Gasteiger partial charge on any atom is 0.255 e. The summed E-state index contributed by atoms with van der Waals surface area (Å²) in [5.41, 5.74) is 3.12. The number of nitrogens with one attached hydrogen (secondary N) is 2. The summed E-state index contributed by atoms with van der Waals surface area (Å²) in [5, 5.41) is 7.81. The summed E-state index contributed by atoms with van der Waals surface area (Å²) in [5.74, 6) is -0.186. The van der Waals surface area contributed by atoms with E-state index < -0.39 is 0 Å². The van der Waals surface area contributed by atoms with Crippen molar-refractivity contribution in [3.8, 4) is 0 Å². The summed E-state index contributed by atoms with van der Waals surface area (Å²) in [4.78, 5) is 26.2. The summed E-state index contributed by atoms with van der Waals surface area (Å²) >= 11 is 1.48. The molecule has 4 rings (SSSR count). The number of carbonyl (C=O) groups is 2. The Balaban J connectivity index is 1.38. The van der Waals surface area contributed by atoms with Gasteiger partial charge in [-0.25, -0.2) is 0 Å². The van der Waals surface area contributed by atoms with Crippen LogP contribution < -0.4 is 10.6 Å². The van der Waals surface area contributed by atoms with Gasteiger partial charge in [-0.1, -0.05) is 54.6 Å². The molecule has 4 aromatic carbocycles. The minimum atomic E-state index is -0.277. The molecule has 0 bridgehead atoms. The van der Waals surface area contributed by atoms with Gasteiger partial charge in [0.05, 0.1) is 5.25 Å². The molecule has 0 aliphatic heterocycles. The van der Waals surface area contributed by atoms with Gasteiger partial charge in [0.15, 0.2) is 0 Å². The van der Waals surface area contributed by atoms with Gasteiger partial charge >= 0.3 is 0 Å². The Kier molecular flexibility index (Phi) is 6.57. The first-order valence-corrected chi connectivity index (χ1v) is 11.3. The topological polar surface area (TPSA) is 58.2 Å². The van der Waals surface area contributed by atoms with Gasteiger partial charge in [0.2, 0.25) is 5.91 Å². The molecule has 0 radical (unpaired) electrons. The number of hydrogen-bond donors (Lipinski definition) is 2. The molecule has 0 aromatic heterocycles. The van der Waals surface area contributed by atoms with Crippen molar-refractivity contribution in [3.05, 3.63) is 102 Å². The van der Waals surface area contributed by atoms with Gasteiger partial charge in [-0.3, -0.25) is 9.59 Å². The van der Waals surface area contributed by atoms with Crippen molar-refractivity contribution in [3.63, 3.8) is 0 Å². The third kappa shape index (κ3) is 5.01. The first-order chi connectivity index (χ1) is 15.5. The molecule has 1 unspecified atom stereocenters. The van der Waals surface area contributed by atoms with Crippen molar-refractivity contribution in [1.82, 2.24) is 0 Å². The molecule has 5 heteroatoms. The average molecular weight is 441 g/mol. The van der Waals surface area contributed by atoms with Crippen LogP contribution in [-0.2, 0) is 4.79 Å². The van der Waals surface area contributed by atoms with Crippen molar-refractivity contribution in [2.24, 2.45) is 0 Å². The number of anilines is 2. The molecule has 0 saturated heterocycles. The zero-order valence-electron chi connectivity index (χ0n) is 18.0. The summed E-state index contributed by atoms with van der Waals surface area (Å²) < 4.78 is 0. The van der Waals surface area contributed by atoms with Crippen LogP contribution in [0.25, 0.3) is 10.8 Å². The third-order valence-electron chi connectivity index (χ3n) is 5.23. The highest BCUT2D eigenvalue weighted by Crippen LogP contribution is 2.28. The largest absolute Gasteiger partial charge is 0.325 e. The predicted octanol–water partition coefficient (Wildman–Crippen LogP) is 6.52. The quantitative estimate of drug-likeness (QED) is 0.336. The van der Waals surface area contributed by atoms with Crippen LogP contribution >= 0.6 is 11.8 Å². The molecule has 1 atom stereocenters. The highest BCUT2D eigenvalue weighted by molar-refractivity contribution is 8.00. The highest BCUT2D eigenvalue weighted by Gasteiger charge is 2.16. The van der Waals surface area contributed by atoms with E-state index in [1.165, 1.54) is 11.8 Å². The normalized spacial score (nSPS) is 11.7. The minimum Gasteiger partial charge on any atom is -0.325 e. The van der Waals surface area contributed by atoms with E-state index >= 15 is 0 Å². The lowest BCUT2D eigenvalue weighted by Gasteiger charge is -2.14. The standard InChI is InChI=1S/C27H24N2O2S/c1-18-8-3-5-11-23(18)27(31)28-21-14-16-22(17-15-21)32-19(2)26(30)29-25-13-7-10-20-9-4-6-12-24(20)25/h3-17,19H,1-2H3,(H,28,31)(H,29,30). The smallest absolute Gasteiger partial charge is 0.255 e. The van der Waals surface area contributed by atoms with E-state index in [4.69, 9.17) is 0 Å². The van der Waals surface area contributed by atoms with E-state index in [-0.39, 0.29) is 17.1 Å². The van der Waals surface area contributed by atoms with Gasteiger partial charge in [0.1, 0.15) is 0 Å². The predicted molar refractivity (Wildman–Crippen MR) is 133 cm³/mol. The van der Waals surface area contributed by atoms with Crippen molar-refractivity contribution < 1.29 is 9.59 Å². The summed E-state index contributed by atoms with van der Waals surface area (Å²) in [6.45, 7) is 3.80. The van der Waals surface area contributed by atoms with E-state index in [0.717, 1.165) is 32.6 Å². The second kappa shape index (κ2) is 9.71. The molecular formula is C27H24N2O2S. The van der Waals surface area contributed by atoms with Gasteiger partial charge in [0, 0.05) is 27.2 Å². The number of benzene rings is 4. The molecule has 0 aliphatic rings. The molecule has 0 heterocycles. The number of carbonyl (C=O) groups excluding carboxylic acids is 2. The van der Waals surface area contributed by atoms with Crippen LogP contribution in [0, 0.1) is 6.92 Å². The van der Waals surface area contributed by atoms with Gasteiger partial charge in [-0.2, -0.15) is 0 Å². The van der Waals surface area contributed by atoms with E-state index in [0.29, 0.717) is 5.56 Å². The molecule has 0 fully saturated rings. The van der Waals surface area contributed by atoms with E-state index in [2.05, 4.69) is 10.6 Å². The number of amides is 2. The Morgan fingerprint density at radius 1 is 0.781 bits per heavy atom. The van der Waals surface area contributed by atoms with E-state index in [1.54, 1.807) is 0 Å². The first-order valence-electron chi connectivity index (χ1n) is 10.4. The fourth-order valence-corrected chi connectivity index (χ4v) is 4.34. The molecule has 0 aliphatic carbocycles. The first kappa shape index (κ1) is 21.7. The van der Waals surface area contributed by atoms with E-state index in [1.807, 2.05) is 105 Å². The summed E-state index contributed by atoms with van der Waals surface area (Å²) in [6.07, 6.45) is 0. The zero-order valence-corrected chi connectivity index (χ0v) is 18.8.